The summed E-state index contributed by atoms with van der Waals surface area (Å²) in [5.41, 5.74) is 1.02. The number of ether oxygens (including phenoxy) is 2. The number of hydrogen-bond donors (Lipinski definition) is 14. The minimum absolute atomic E-state index is 0.00629. The Kier molecular flexibility index (Phi) is 26.1. The van der Waals surface area contributed by atoms with Gasteiger partial charge < -0.3 is 90.9 Å². The van der Waals surface area contributed by atoms with Crippen molar-refractivity contribution in [1.29, 1.82) is 5.26 Å². The number of aliphatic hydroxyl groups excluding tert-OH is 7. The fourth-order valence-electron chi connectivity index (χ4n) is 10.5. The van der Waals surface area contributed by atoms with E-state index < -0.39 is 177 Å². The van der Waals surface area contributed by atoms with E-state index in [4.69, 9.17) is 18.9 Å². The number of benzene rings is 3. The number of phenolic OH excluding ortho intramolecular Hbond substituents is 1. The van der Waals surface area contributed by atoms with Crippen molar-refractivity contribution in [2.75, 3.05) is 40.0 Å². The third-order valence-electron chi connectivity index (χ3n) is 15.5. The van der Waals surface area contributed by atoms with Crippen LogP contribution in [0.25, 0.3) is 21.1 Å². The number of phenols is 1. The van der Waals surface area contributed by atoms with Gasteiger partial charge in [0.15, 0.2) is 11.5 Å². The number of nitrogens with one attached hydrogen (secondary N) is 5. The van der Waals surface area contributed by atoms with Gasteiger partial charge in [-0.3, -0.25) is 33.6 Å². The zero-order valence-electron chi connectivity index (χ0n) is 49.6. The number of β-amino-alcohol motifs (C(OH)–C–C–N with tert-alkyl or cyclic N) is 1. The molecule has 0 spiro atoms. The van der Waals surface area contributed by atoms with Crippen molar-refractivity contribution in [2.24, 2.45) is 5.92 Å². The van der Waals surface area contributed by atoms with Crippen LogP contribution in [0.5, 0.6) is 17.2 Å². The molecular weight excluding hydrogens is 1240 g/mol. The number of hydrogen-bond acceptors (Lipinski definition) is 26. The van der Waals surface area contributed by atoms with Crippen LogP contribution in [0.2, 0.25) is 0 Å². The van der Waals surface area contributed by atoms with E-state index in [0.717, 1.165) is 79.2 Å². The number of amides is 7. The lowest BCUT2D eigenvalue weighted by Gasteiger charge is -2.34. The molecule has 14 atom stereocenters. The lowest BCUT2D eigenvalue weighted by atomic mass is 9.96. The molecule has 7 amide bonds. The predicted octanol–water partition coefficient (Wildman–Crippen LogP) is -0.730. The standard InChI is InChI=1S/C58H74N10O21S2/c1-29-27-68-46(47(29)74)54(81)60-26-35(70)24-38(61-50(77)31-9-11-32(12-10-31)55-65-66-56(90-55)33-13-16-37(17-14-33)86-22-8-6-4-5-7-21-85-3)51(78)62-43(30(2)69)57(82)67-28-36(71)25-39(67)52(79)64-45(53(80)63-44(58(68)83)41(73)19-20-59)49(76)48(75)34-15-18-40(72)42(23-34)87-91-89-88-84/h9-18,23,29-30,35-36,38-39,41,43-49,69-76,84H,4-8,19,21-22,24-28H2,1-3H3,(H,60,81)(H,61,77)(H,62,78)(H,63,80)(H,64,79)/t29?,30?,35-,36?,38-,39?,41+,43?,44-,45?,46?,47-,48-,49-/m0/s1. The maximum absolute atomic E-state index is 14.6. The molecule has 0 radical (unpaired) electrons. The Bertz CT molecular complexity index is 3180. The first-order valence-corrected chi connectivity index (χ1v) is 30.6. The number of rotatable bonds is 23. The Balaban J connectivity index is 1.15. The number of aromatic nitrogens is 2. The third-order valence-corrected chi connectivity index (χ3v) is 16.9. The quantitative estimate of drug-likeness (QED) is 0.0188. The Morgan fingerprint density at radius 2 is 1.41 bits per heavy atom. The lowest BCUT2D eigenvalue weighted by Crippen LogP contribution is -2.64. The van der Waals surface area contributed by atoms with Crippen LogP contribution < -0.4 is 35.5 Å². The van der Waals surface area contributed by atoms with E-state index in [-0.39, 0.29) is 23.5 Å². The molecule has 494 valence electrons. The Labute approximate surface area is 529 Å². The van der Waals surface area contributed by atoms with E-state index in [1.165, 1.54) is 30.4 Å². The van der Waals surface area contributed by atoms with E-state index in [9.17, 15) is 79.7 Å². The highest BCUT2D eigenvalue weighted by molar-refractivity contribution is 7.90. The van der Waals surface area contributed by atoms with Crippen molar-refractivity contribution >= 4 is 65.0 Å². The van der Waals surface area contributed by atoms with Gasteiger partial charge in [-0.05, 0) is 73.9 Å². The minimum Gasteiger partial charge on any atom is -0.504 e. The van der Waals surface area contributed by atoms with Gasteiger partial charge in [-0.2, -0.15) is 5.26 Å². The second-order valence-electron chi connectivity index (χ2n) is 22.2. The number of methoxy groups -OCH3 is 1. The highest BCUT2D eigenvalue weighted by Crippen LogP contribution is 2.35. The van der Waals surface area contributed by atoms with Gasteiger partial charge in [-0.15, -0.1) is 10.2 Å². The summed E-state index contributed by atoms with van der Waals surface area (Å²) in [6.07, 6.45) is -10.5. The lowest BCUT2D eigenvalue weighted by molar-refractivity contribution is -0.433. The van der Waals surface area contributed by atoms with Crippen LogP contribution in [0.4, 0.5) is 0 Å². The summed E-state index contributed by atoms with van der Waals surface area (Å²) in [7, 11) is 1.69. The molecule has 31 nitrogen and oxygen atoms in total. The molecule has 3 saturated heterocycles. The second-order valence-corrected chi connectivity index (χ2v) is 23.6. The van der Waals surface area contributed by atoms with Gasteiger partial charge in [0.1, 0.15) is 64.2 Å². The average Bonchev–Trinajstić information content (AvgIpc) is 1.85. The van der Waals surface area contributed by atoms with E-state index in [1.54, 1.807) is 25.3 Å². The van der Waals surface area contributed by atoms with E-state index in [2.05, 4.69) is 46.2 Å². The van der Waals surface area contributed by atoms with Gasteiger partial charge in [0.2, 0.25) is 35.4 Å². The van der Waals surface area contributed by atoms with Crippen molar-refractivity contribution in [2.45, 2.75) is 144 Å². The van der Waals surface area contributed by atoms with Gasteiger partial charge in [0.25, 0.3) is 18.2 Å². The van der Waals surface area contributed by atoms with Crippen LogP contribution in [-0.4, -0.2) is 220 Å². The van der Waals surface area contributed by atoms with Gasteiger partial charge in [-0.25, -0.2) is 5.26 Å². The van der Waals surface area contributed by atoms with Crippen LogP contribution in [0, 0.1) is 17.2 Å². The normalized spacial score (nSPS) is 25.1. The monoisotopic (exact) mass is 1310 g/mol. The van der Waals surface area contributed by atoms with Crippen molar-refractivity contribution in [3.63, 3.8) is 0 Å². The van der Waals surface area contributed by atoms with Gasteiger partial charge in [0.05, 0.1) is 49.6 Å². The van der Waals surface area contributed by atoms with Crippen LogP contribution in [-0.2, 0) is 42.9 Å². The Morgan fingerprint density at radius 1 is 0.780 bits per heavy atom. The first kappa shape index (κ1) is 70.8. The van der Waals surface area contributed by atoms with Crippen LogP contribution in [0.15, 0.2) is 66.7 Å². The van der Waals surface area contributed by atoms with Gasteiger partial charge in [-0.1, -0.05) is 65.1 Å². The SMILES string of the molecule is COCCCCCCCOc1ccc(-c2nnc(-c3ccc(C(=O)N[C@H]4C[C@H](O)CNC(=O)C5[C@@H](O)C(C)CN5C(=O)[C@H]([C@H](O)CC#N)NC(=O)C([C@H](O)[C@@H](O)c5ccc(O)c(OSOOO)c5)NC(=O)C5CC(O)CN5C(=O)C(C(C)O)NC4=O)cc3)s2)cc1. The molecule has 33 heteroatoms. The van der Waals surface area contributed by atoms with Gasteiger partial charge >= 0.3 is 0 Å². The van der Waals surface area contributed by atoms with Crippen LogP contribution in [0.1, 0.15) is 87.2 Å². The number of aliphatic hydroxyl groups is 7. The maximum Gasteiger partial charge on any atom is 0.261 e. The number of aromatic hydroxyl groups is 1. The molecule has 3 fully saturated rings. The largest absolute Gasteiger partial charge is 0.504 e. The van der Waals surface area contributed by atoms with Crippen LogP contribution in [0.3, 0.4) is 0 Å². The molecule has 3 aliphatic rings. The smallest absolute Gasteiger partial charge is 0.261 e. The summed E-state index contributed by atoms with van der Waals surface area (Å²) in [5.74, 6) is -9.76. The number of unbranched alkanes of at least 4 members (excludes halogenated alkanes) is 4. The Morgan fingerprint density at radius 3 is 2.05 bits per heavy atom. The Hall–Kier alpha value is -7.69. The summed E-state index contributed by atoms with van der Waals surface area (Å²) in [4.78, 5) is 103. The number of fused-ring (bicyclic) bond motifs is 2. The van der Waals surface area contributed by atoms with Crippen molar-refractivity contribution < 1.29 is 103 Å². The molecule has 4 aromatic rings. The number of nitriles is 1. The van der Waals surface area contributed by atoms with Crippen molar-refractivity contribution in [3.8, 4) is 44.5 Å². The second kappa shape index (κ2) is 33.6. The number of carbonyl (C=O) groups is 7. The van der Waals surface area contributed by atoms with E-state index >= 15 is 0 Å². The van der Waals surface area contributed by atoms with E-state index in [0.29, 0.717) is 27.9 Å². The summed E-state index contributed by atoms with van der Waals surface area (Å²) in [6.45, 7) is 2.12. The first-order valence-electron chi connectivity index (χ1n) is 29.1. The molecule has 7 unspecified atom stereocenters. The minimum atomic E-state index is -2.50. The topological polar surface area (TPSA) is 464 Å². The molecule has 1 aromatic heterocycles. The van der Waals surface area contributed by atoms with Gasteiger partial charge in [0, 0.05) is 68.8 Å². The molecule has 0 aliphatic carbocycles. The fourth-order valence-corrected chi connectivity index (χ4v) is 11.7. The maximum atomic E-state index is 14.6. The van der Waals surface area contributed by atoms with Crippen molar-refractivity contribution in [3.05, 3.63) is 77.9 Å². The number of nitrogens with zero attached hydrogens (tertiary/aromatic N) is 5. The predicted molar refractivity (Wildman–Crippen MR) is 319 cm³/mol. The number of carbonyl (C=O) groups excluding carboxylic acids is 7. The highest BCUT2D eigenvalue weighted by Gasteiger charge is 2.50. The highest BCUT2D eigenvalue weighted by atomic mass is 32.2. The molecule has 0 saturated carbocycles. The van der Waals surface area contributed by atoms with E-state index in [1.807, 2.05) is 24.3 Å². The molecule has 3 aliphatic heterocycles. The zero-order chi connectivity index (χ0) is 66.1. The molecule has 91 heavy (non-hydrogen) atoms. The average molecular weight is 1310 g/mol. The molecule has 0 bridgehead atoms. The molecule has 14 N–H and O–H groups in total. The molecular formula is C58H74N10O21S2. The molecule has 7 rings (SSSR count). The van der Waals surface area contributed by atoms with Crippen LogP contribution >= 0.6 is 23.7 Å². The fraction of sp³-hybridized carbons (Fsp3) is 0.517. The first-order chi connectivity index (χ1) is 43.5. The summed E-state index contributed by atoms with van der Waals surface area (Å²) < 4.78 is 20.2. The summed E-state index contributed by atoms with van der Waals surface area (Å²) in [6, 6.07) is 5.99. The molecule has 4 heterocycles. The summed E-state index contributed by atoms with van der Waals surface area (Å²) in [5, 5.41) is 133. The zero-order valence-corrected chi connectivity index (χ0v) is 51.2. The molecule has 3 aromatic carbocycles. The third kappa shape index (κ3) is 18.5. The van der Waals surface area contributed by atoms with Crippen molar-refractivity contribution in [1.82, 2.24) is 46.6 Å². The summed E-state index contributed by atoms with van der Waals surface area (Å²) >= 11 is 1.27.